The lowest BCUT2D eigenvalue weighted by molar-refractivity contribution is 0.0915. The number of halogens is 2. The molecule has 0 saturated carbocycles. The van der Waals surface area contributed by atoms with E-state index in [4.69, 9.17) is 5.73 Å². The van der Waals surface area contributed by atoms with Crippen molar-refractivity contribution in [2.24, 2.45) is 5.73 Å². The summed E-state index contributed by atoms with van der Waals surface area (Å²) in [5.41, 5.74) is 5.15. The molecule has 1 rings (SSSR count). The molecule has 0 aliphatic rings. The van der Waals surface area contributed by atoms with Crippen LogP contribution in [0.1, 0.15) is 24.2 Å². The van der Waals surface area contributed by atoms with E-state index in [0.29, 0.717) is 16.6 Å². The molecule has 0 aliphatic carbocycles. The highest BCUT2D eigenvalue weighted by molar-refractivity contribution is 9.10. The number of nitrogens with two attached hydrogens (primary N) is 1. The molecular weight excluding hydrogens is 309 g/mol. The topological polar surface area (TPSA) is 88.0 Å². The van der Waals surface area contributed by atoms with Crippen LogP contribution < -0.4 is 16.6 Å². The maximum atomic E-state index is 11.8. The third-order valence-corrected chi connectivity index (χ3v) is 2.67. The summed E-state index contributed by atoms with van der Waals surface area (Å²) in [4.78, 5) is 25.3. The highest BCUT2D eigenvalue weighted by atomic mass is 79.9. The first-order chi connectivity index (χ1) is 7.35. The van der Waals surface area contributed by atoms with Gasteiger partial charge in [-0.25, -0.2) is 0 Å². The smallest absolute Gasteiger partial charge is 0.262 e. The molecule has 7 heteroatoms. The minimum atomic E-state index is -0.473. The van der Waals surface area contributed by atoms with E-state index in [9.17, 15) is 9.59 Å². The van der Waals surface area contributed by atoms with Gasteiger partial charge in [-0.15, -0.1) is 12.4 Å². The van der Waals surface area contributed by atoms with Crippen molar-refractivity contribution in [2.45, 2.75) is 19.4 Å². The first-order valence-electron chi connectivity index (χ1n) is 4.76. The van der Waals surface area contributed by atoms with Crippen LogP contribution in [-0.2, 0) is 0 Å². The lowest BCUT2D eigenvalue weighted by atomic mass is 10.1. The van der Waals surface area contributed by atoms with Crippen molar-refractivity contribution in [1.82, 2.24) is 10.3 Å². The van der Waals surface area contributed by atoms with Gasteiger partial charge in [-0.1, -0.05) is 0 Å². The summed E-state index contributed by atoms with van der Waals surface area (Å²) in [7, 11) is 0. The van der Waals surface area contributed by atoms with E-state index in [2.05, 4.69) is 26.2 Å². The Morgan fingerprint density at radius 2 is 2.18 bits per heavy atom. The van der Waals surface area contributed by atoms with E-state index >= 15 is 0 Å². The third-order valence-electron chi connectivity index (χ3n) is 2.08. The van der Waals surface area contributed by atoms with Crippen LogP contribution in [-0.4, -0.2) is 23.0 Å². The number of nitrogens with one attached hydrogen (secondary N) is 2. The Morgan fingerprint density at radius 3 is 2.65 bits per heavy atom. The van der Waals surface area contributed by atoms with Crippen molar-refractivity contribution in [3.8, 4) is 0 Å². The fraction of sp³-hybridized carbons (Fsp3) is 0.400. The number of hydrogen-bond acceptors (Lipinski definition) is 3. The molecule has 96 valence electrons. The number of hydrogen-bond donors (Lipinski definition) is 3. The van der Waals surface area contributed by atoms with Crippen molar-refractivity contribution in [2.75, 3.05) is 6.54 Å². The van der Waals surface area contributed by atoms with Gasteiger partial charge in [0.15, 0.2) is 0 Å². The zero-order valence-electron chi connectivity index (χ0n) is 9.54. The van der Waals surface area contributed by atoms with Gasteiger partial charge in [0.05, 0.1) is 10.0 Å². The Balaban J connectivity index is 0.00000256. The first-order valence-corrected chi connectivity index (χ1v) is 5.56. The predicted molar refractivity (Wildman–Crippen MR) is 72.6 cm³/mol. The number of carbonyl (C=O) groups is 1. The normalized spacial score (nSPS) is 10.6. The van der Waals surface area contributed by atoms with Gasteiger partial charge in [0.2, 0.25) is 0 Å². The van der Waals surface area contributed by atoms with E-state index in [1.807, 2.05) is 13.8 Å². The summed E-state index contributed by atoms with van der Waals surface area (Å²) in [5.74, 6) is -0.271. The Hall–Kier alpha value is -0.850. The molecule has 0 aliphatic heterocycles. The summed E-state index contributed by atoms with van der Waals surface area (Å²) >= 11 is 3.06. The number of H-pyrrole nitrogens is 1. The van der Waals surface area contributed by atoms with E-state index in [1.54, 1.807) is 0 Å². The molecule has 0 aromatic carbocycles. The molecule has 4 N–H and O–H groups in total. The molecule has 0 saturated heterocycles. The molecule has 17 heavy (non-hydrogen) atoms. The Kier molecular flexibility index (Phi) is 5.87. The van der Waals surface area contributed by atoms with Crippen LogP contribution >= 0.6 is 28.3 Å². The lowest BCUT2D eigenvalue weighted by Gasteiger charge is -2.24. The van der Waals surface area contributed by atoms with Crippen molar-refractivity contribution < 1.29 is 4.79 Å². The average molecular weight is 325 g/mol. The molecule has 0 bridgehead atoms. The summed E-state index contributed by atoms with van der Waals surface area (Å²) in [6.45, 7) is 3.99. The lowest BCUT2D eigenvalue weighted by Crippen LogP contribution is -2.48. The molecule has 0 spiro atoms. The second kappa shape index (κ2) is 6.18. The van der Waals surface area contributed by atoms with Crippen molar-refractivity contribution in [1.29, 1.82) is 0 Å². The SMILES string of the molecule is CC(C)(CN)NC(=O)c1c[nH]c(=O)c(Br)c1.Cl. The zero-order chi connectivity index (χ0) is 12.3. The van der Waals surface area contributed by atoms with Crippen LogP contribution in [0.2, 0.25) is 0 Å². The van der Waals surface area contributed by atoms with Gasteiger partial charge in [0, 0.05) is 18.3 Å². The molecule has 5 nitrogen and oxygen atoms in total. The molecule has 1 heterocycles. The first kappa shape index (κ1) is 16.1. The van der Waals surface area contributed by atoms with Crippen LogP contribution in [0, 0.1) is 0 Å². The Bertz CT molecular complexity index is 459. The fourth-order valence-corrected chi connectivity index (χ4v) is 1.38. The monoisotopic (exact) mass is 323 g/mol. The van der Waals surface area contributed by atoms with Crippen LogP contribution in [0.5, 0.6) is 0 Å². The zero-order valence-corrected chi connectivity index (χ0v) is 11.9. The second-order valence-corrected chi connectivity index (χ2v) is 4.96. The minimum Gasteiger partial charge on any atom is -0.346 e. The van der Waals surface area contributed by atoms with E-state index in [1.165, 1.54) is 12.3 Å². The molecular formula is C10H15BrClN3O2. The summed E-state index contributed by atoms with van der Waals surface area (Å²) in [6.07, 6.45) is 1.37. The van der Waals surface area contributed by atoms with Gasteiger partial charge in [-0.05, 0) is 35.8 Å². The van der Waals surface area contributed by atoms with Gasteiger partial charge in [0.25, 0.3) is 11.5 Å². The standard InChI is InChI=1S/C10H14BrN3O2.ClH/c1-10(2,5-12)14-8(15)6-3-7(11)9(16)13-4-6;/h3-4H,5,12H2,1-2H3,(H,13,16)(H,14,15);1H. The highest BCUT2D eigenvalue weighted by Crippen LogP contribution is 2.07. The minimum absolute atomic E-state index is 0. The molecule has 0 atom stereocenters. The van der Waals surface area contributed by atoms with Gasteiger partial charge in [-0.3, -0.25) is 9.59 Å². The maximum absolute atomic E-state index is 11.8. The van der Waals surface area contributed by atoms with Gasteiger partial charge in [-0.2, -0.15) is 0 Å². The summed E-state index contributed by atoms with van der Waals surface area (Å²) < 4.78 is 0.325. The molecule has 1 aromatic heterocycles. The molecule has 0 unspecified atom stereocenters. The second-order valence-electron chi connectivity index (χ2n) is 4.11. The average Bonchev–Trinajstić information content (AvgIpc) is 2.21. The van der Waals surface area contributed by atoms with Gasteiger partial charge in [0.1, 0.15) is 0 Å². The van der Waals surface area contributed by atoms with E-state index in [0.717, 1.165) is 0 Å². The Labute approximate surface area is 114 Å². The van der Waals surface area contributed by atoms with E-state index in [-0.39, 0.29) is 23.9 Å². The van der Waals surface area contributed by atoms with Crippen LogP contribution in [0.15, 0.2) is 21.5 Å². The number of aromatic nitrogens is 1. The van der Waals surface area contributed by atoms with Crippen molar-refractivity contribution >= 4 is 34.2 Å². The Morgan fingerprint density at radius 1 is 1.59 bits per heavy atom. The van der Waals surface area contributed by atoms with Crippen LogP contribution in [0.3, 0.4) is 0 Å². The number of pyridine rings is 1. The third kappa shape index (κ3) is 4.49. The van der Waals surface area contributed by atoms with Crippen molar-refractivity contribution in [3.63, 3.8) is 0 Å². The van der Waals surface area contributed by atoms with Gasteiger partial charge >= 0.3 is 0 Å². The van der Waals surface area contributed by atoms with Crippen LogP contribution in [0.4, 0.5) is 0 Å². The number of carbonyl (C=O) groups excluding carboxylic acids is 1. The number of rotatable bonds is 3. The summed E-state index contributed by atoms with van der Waals surface area (Å²) in [6, 6.07) is 1.47. The fourth-order valence-electron chi connectivity index (χ4n) is 1.02. The molecule has 0 radical (unpaired) electrons. The van der Waals surface area contributed by atoms with E-state index < -0.39 is 5.54 Å². The van der Waals surface area contributed by atoms with Crippen LogP contribution in [0.25, 0.3) is 0 Å². The number of amides is 1. The van der Waals surface area contributed by atoms with Crippen molar-refractivity contribution in [3.05, 3.63) is 32.7 Å². The molecule has 0 fully saturated rings. The molecule has 1 aromatic rings. The van der Waals surface area contributed by atoms with Gasteiger partial charge < -0.3 is 16.0 Å². The summed E-state index contributed by atoms with van der Waals surface area (Å²) in [5, 5.41) is 2.76. The largest absolute Gasteiger partial charge is 0.346 e. The predicted octanol–water partition coefficient (Wildman–Crippen LogP) is 1.03. The maximum Gasteiger partial charge on any atom is 0.262 e. The number of aromatic amines is 1. The molecule has 1 amide bonds. The highest BCUT2D eigenvalue weighted by Gasteiger charge is 2.19. The quantitative estimate of drug-likeness (QED) is 0.776.